The summed E-state index contributed by atoms with van der Waals surface area (Å²) in [5, 5.41) is 15.4. The Morgan fingerprint density at radius 3 is 2.36 bits per heavy atom. The van der Waals surface area contributed by atoms with Gasteiger partial charge < -0.3 is 30.3 Å². The SMILES string of the molecule is CCN1CCOc2ccccc2C(=O)N[C@@H](CC(=O)N2CCC(O)CC2)C(=O)N[C@H](Cc2ccccc2)C1=O. The molecule has 1 saturated heterocycles. The number of fused-ring (bicyclic) bond motifs is 1. The fourth-order valence-electron chi connectivity index (χ4n) is 4.88. The van der Waals surface area contributed by atoms with Gasteiger partial charge in [-0.2, -0.15) is 0 Å². The van der Waals surface area contributed by atoms with E-state index in [1.165, 1.54) is 0 Å². The number of piperidine rings is 1. The predicted molar refractivity (Wildman–Crippen MR) is 144 cm³/mol. The minimum atomic E-state index is -1.22. The summed E-state index contributed by atoms with van der Waals surface area (Å²) in [5.41, 5.74) is 1.10. The number of aliphatic hydroxyl groups excluding tert-OH is 1. The molecule has 10 heteroatoms. The highest BCUT2D eigenvalue weighted by Gasteiger charge is 2.33. The van der Waals surface area contributed by atoms with E-state index < -0.39 is 30.0 Å². The number of amides is 4. The quantitative estimate of drug-likeness (QED) is 0.526. The molecule has 4 amide bonds. The average molecular weight is 537 g/mol. The molecule has 1 fully saturated rings. The van der Waals surface area contributed by atoms with E-state index in [1.54, 1.807) is 34.1 Å². The van der Waals surface area contributed by atoms with Crippen LogP contribution in [0.5, 0.6) is 5.75 Å². The van der Waals surface area contributed by atoms with E-state index in [0.29, 0.717) is 38.2 Å². The van der Waals surface area contributed by atoms with E-state index in [4.69, 9.17) is 4.74 Å². The number of nitrogens with one attached hydrogen (secondary N) is 2. The van der Waals surface area contributed by atoms with Gasteiger partial charge >= 0.3 is 0 Å². The number of rotatable bonds is 5. The molecule has 2 heterocycles. The number of benzene rings is 2. The van der Waals surface area contributed by atoms with E-state index in [9.17, 15) is 24.3 Å². The van der Waals surface area contributed by atoms with Gasteiger partial charge in [-0.3, -0.25) is 19.2 Å². The van der Waals surface area contributed by atoms with Gasteiger partial charge in [0.15, 0.2) is 0 Å². The Labute approximate surface area is 228 Å². The summed E-state index contributed by atoms with van der Waals surface area (Å²) >= 11 is 0. The van der Waals surface area contributed by atoms with Gasteiger partial charge in [0.25, 0.3) is 5.91 Å². The number of hydrogen-bond donors (Lipinski definition) is 3. The van der Waals surface area contributed by atoms with Gasteiger partial charge in [-0.25, -0.2) is 0 Å². The minimum Gasteiger partial charge on any atom is -0.491 e. The number of ether oxygens (including phenoxy) is 1. The fourth-order valence-corrected chi connectivity index (χ4v) is 4.88. The van der Waals surface area contributed by atoms with Crippen LogP contribution in [-0.2, 0) is 20.8 Å². The lowest BCUT2D eigenvalue weighted by Gasteiger charge is -2.31. The highest BCUT2D eigenvalue weighted by atomic mass is 16.5. The van der Waals surface area contributed by atoms with Crippen LogP contribution in [0.2, 0.25) is 0 Å². The van der Waals surface area contributed by atoms with Gasteiger partial charge in [0.05, 0.1) is 24.6 Å². The normalized spacial score (nSPS) is 21.4. The van der Waals surface area contributed by atoms with Crippen LogP contribution in [0.25, 0.3) is 0 Å². The van der Waals surface area contributed by atoms with Crippen LogP contribution < -0.4 is 15.4 Å². The Morgan fingerprint density at radius 1 is 0.949 bits per heavy atom. The zero-order chi connectivity index (χ0) is 27.8. The number of aliphatic hydroxyl groups is 1. The number of carbonyl (C=O) groups is 4. The lowest BCUT2D eigenvalue weighted by Crippen LogP contribution is -2.56. The standard InChI is InChI=1S/C29H36N4O6/c1-2-32-16-17-39-25-11-7-6-10-22(25)27(36)30-23(19-26(35)33-14-12-21(34)13-15-33)28(37)31-24(29(32)38)18-20-8-4-3-5-9-20/h3-11,21,23-24,34H,2,12-19H2,1H3,(H,30,36)(H,31,37)/t23-,24+/m0/s1. The molecule has 39 heavy (non-hydrogen) atoms. The van der Waals surface area contributed by atoms with Crippen molar-refractivity contribution in [3.05, 3.63) is 65.7 Å². The molecular formula is C29H36N4O6. The molecule has 2 aliphatic heterocycles. The highest BCUT2D eigenvalue weighted by molar-refractivity contribution is 6.01. The van der Waals surface area contributed by atoms with Crippen LogP contribution in [0, 0.1) is 0 Å². The summed E-state index contributed by atoms with van der Waals surface area (Å²) in [6, 6.07) is 13.9. The maximum atomic E-state index is 13.6. The Morgan fingerprint density at radius 2 is 1.64 bits per heavy atom. The Balaban J connectivity index is 1.64. The van der Waals surface area contributed by atoms with Crippen LogP contribution in [0.15, 0.2) is 54.6 Å². The fraction of sp³-hybridized carbons (Fsp3) is 0.448. The number of para-hydroxylation sites is 1. The average Bonchev–Trinajstić information content (AvgIpc) is 2.95. The molecule has 0 radical (unpaired) electrons. The van der Waals surface area contributed by atoms with E-state index in [0.717, 1.165) is 5.56 Å². The molecule has 0 saturated carbocycles. The van der Waals surface area contributed by atoms with Gasteiger partial charge in [-0.1, -0.05) is 42.5 Å². The number of nitrogens with zero attached hydrogens (tertiary/aromatic N) is 2. The molecule has 0 unspecified atom stereocenters. The number of likely N-dealkylation sites (N-methyl/N-ethyl adjacent to an activating group) is 1. The molecule has 0 aromatic heterocycles. The molecule has 2 aromatic rings. The van der Waals surface area contributed by atoms with Crippen molar-refractivity contribution in [2.45, 2.75) is 50.8 Å². The van der Waals surface area contributed by atoms with Crippen molar-refractivity contribution >= 4 is 23.6 Å². The molecule has 0 bridgehead atoms. The van der Waals surface area contributed by atoms with Crippen LogP contribution in [0.4, 0.5) is 0 Å². The predicted octanol–water partition coefficient (Wildman–Crippen LogP) is 1.13. The van der Waals surface area contributed by atoms with Gasteiger partial charge in [0, 0.05) is 26.1 Å². The molecule has 0 aliphatic carbocycles. The summed E-state index contributed by atoms with van der Waals surface area (Å²) in [4.78, 5) is 56.9. The lowest BCUT2D eigenvalue weighted by molar-refractivity contribution is -0.138. The maximum absolute atomic E-state index is 13.6. The van der Waals surface area contributed by atoms with E-state index >= 15 is 0 Å². The second-order valence-corrected chi connectivity index (χ2v) is 9.86. The molecule has 0 spiro atoms. The summed E-state index contributed by atoms with van der Waals surface area (Å²) < 4.78 is 5.90. The van der Waals surface area contributed by atoms with Crippen molar-refractivity contribution in [2.75, 3.05) is 32.8 Å². The van der Waals surface area contributed by atoms with E-state index in [-0.39, 0.29) is 43.4 Å². The van der Waals surface area contributed by atoms with E-state index in [1.807, 2.05) is 37.3 Å². The van der Waals surface area contributed by atoms with Crippen molar-refractivity contribution in [2.24, 2.45) is 0 Å². The summed E-state index contributed by atoms with van der Waals surface area (Å²) in [6.45, 7) is 3.45. The summed E-state index contributed by atoms with van der Waals surface area (Å²) in [6.07, 6.45) is 0.438. The third kappa shape index (κ3) is 7.35. The lowest BCUT2D eigenvalue weighted by atomic mass is 10.0. The first-order valence-electron chi connectivity index (χ1n) is 13.5. The van der Waals surface area contributed by atoms with Crippen LogP contribution in [0.3, 0.4) is 0 Å². The van der Waals surface area contributed by atoms with Gasteiger partial charge in [-0.05, 0) is 37.5 Å². The molecule has 3 N–H and O–H groups in total. The highest BCUT2D eigenvalue weighted by Crippen LogP contribution is 2.19. The van der Waals surface area contributed by atoms with Gasteiger partial charge in [0.2, 0.25) is 17.7 Å². The smallest absolute Gasteiger partial charge is 0.255 e. The first-order chi connectivity index (χ1) is 18.9. The molecule has 4 rings (SSSR count). The van der Waals surface area contributed by atoms with Gasteiger partial charge in [-0.15, -0.1) is 0 Å². The van der Waals surface area contributed by atoms with E-state index in [2.05, 4.69) is 10.6 Å². The largest absolute Gasteiger partial charge is 0.491 e. The molecule has 208 valence electrons. The Hall–Kier alpha value is -3.92. The molecule has 10 nitrogen and oxygen atoms in total. The second kappa shape index (κ2) is 13.2. The third-order valence-electron chi connectivity index (χ3n) is 7.16. The zero-order valence-electron chi connectivity index (χ0n) is 22.2. The van der Waals surface area contributed by atoms with Crippen molar-refractivity contribution in [3.63, 3.8) is 0 Å². The molecule has 2 atom stereocenters. The van der Waals surface area contributed by atoms with Crippen LogP contribution >= 0.6 is 0 Å². The Kier molecular flexibility index (Phi) is 9.54. The monoisotopic (exact) mass is 536 g/mol. The minimum absolute atomic E-state index is 0.165. The molecule has 2 aromatic carbocycles. The first kappa shape index (κ1) is 28.1. The topological polar surface area (TPSA) is 128 Å². The van der Waals surface area contributed by atoms with Crippen molar-refractivity contribution in [3.8, 4) is 5.75 Å². The van der Waals surface area contributed by atoms with Crippen LogP contribution in [-0.4, -0.2) is 89.5 Å². The first-order valence-corrected chi connectivity index (χ1v) is 13.5. The number of carbonyl (C=O) groups excluding carboxylic acids is 4. The number of hydrogen-bond acceptors (Lipinski definition) is 6. The van der Waals surface area contributed by atoms with Gasteiger partial charge in [0.1, 0.15) is 24.4 Å². The molecular weight excluding hydrogens is 500 g/mol. The maximum Gasteiger partial charge on any atom is 0.255 e. The molecule has 2 aliphatic rings. The zero-order valence-corrected chi connectivity index (χ0v) is 22.2. The van der Waals surface area contributed by atoms with Crippen LogP contribution in [0.1, 0.15) is 42.1 Å². The summed E-state index contributed by atoms with van der Waals surface area (Å²) in [7, 11) is 0. The van der Waals surface area contributed by atoms with Crippen molar-refractivity contribution in [1.29, 1.82) is 0 Å². The third-order valence-corrected chi connectivity index (χ3v) is 7.16. The van der Waals surface area contributed by atoms with Crippen molar-refractivity contribution in [1.82, 2.24) is 20.4 Å². The summed E-state index contributed by atoms with van der Waals surface area (Å²) in [5.74, 6) is -1.42. The van der Waals surface area contributed by atoms with Crippen molar-refractivity contribution < 1.29 is 29.0 Å². The second-order valence-electron chi connectivity index (χ2n) is 9.86. The Bertz CT molecular complexity index is 1170. The number of likely N-dealkylation sites (tertiary alicyclic amines) is 1.